The Balaban J connectivity index is 2.23. The molecule has 0 aliphatic heterocycles. The van der Waals surface area contributed by atoms with Crippen LogP contribution in [0.2, 0.25) is 0 Å². The second-order valence-corrected chi connectivity index (χ2v) is 4.86. The molecule has 2 rings (SSSR count). The molecule has 0 saturated carbocycles. The van der Waals surface area contributed by atoms with Gasteiger partial charge in [-0.1, -0.05) is 29.8 Å². The van der Waals surface area contributed by atoms with Crippen LogP contribution in [0.3, 0.4) is 0 Å². The largest absolute Gasteiger partial charge is 0.508 e. The van der Waals surface area contributed by atoms with Gasteiger partial charge in [0.1, 0.15) is 11.5 Å². The van der Waals surface area contributed by atoms with E-state index in [9.17, 15) is 5.11 Å². The van der Waals surface area contributed by atoms with Crippen molar-refractivity contribution >= 4 is 5.69 Å². The van der Waals surface area contributed by atoms with Crippen LogP contribution < -0.4 is 10.1 Å². The number of rotatable bonds is 5. The maximum atomic E-state index is 9.98. The van der Waals surface area contributed by atoms with E-state index >= 15 is 0 Å². The maximum Gasteiger partial charge on any atom is 0.142 e. The van der Waals surface area contributed by atoms with E-state index in [0.29, 0.717) is 12.4 Å². The van der Waals surface area contributed by atoms with Crippen LogP contribution in [0.4, 0.5) is 5.69 Å². The number of hydrogen-bond acceptors (Lipinski definition) is 3. The van der Waals surface area contributed by atoms with Crippen molar-refractivity contribution in [3.63, 3.8) is 0 Å². The first-order valence-corrected chi connectivity index (χ1v) is 6.89. The predicted octanol–water partition coefficient (Wildman–Crippen LogP) is 4.27. The van der Waals surface area contributed by atoms with E-state index in [0.717, 1.165) is 22.6 Å². The second kappa shape index (κ2) is 6.33. The molecule has 0 bridgehead atoms. The molecule has 20 heavy (non-hydrogen) atoms. The zero-order valence-electron chi connectivity index (χ0n) is 12.2. The summed E-state index contributed by atoms with van der Waals surface area (Å²) in [6.07, 6.45) is 0. The molecule has 0 radical (unpaired) electrons. The minimum atomic E-state index is -0.00324. The summed E-state index contributed by atoms with van der Waals surface area (Å²) in [5.74, 6) is 1.14. The molecule has 0 fully saturated rings. The van der Waals surface area contributed by atoms with Gasteiger partial charge in [0.25, 0.3) is 0 Å². The molecule has 3 heteroatoms. The number of nitrogens with one attached hydrogen (secondary N) is 1. The molecule has 106 valence electrons. The third kappa shape index (κ3) is 3.23. The van der Waals surface area contributed by atoms with Gasteiger partial charge in [0.15, 0.2) is 0 Å². The van der Waals surface area contributed by atoms with Gasteiger partial charge in [-0.05, 0) is 39.0 Å². The number of para-hydroxylation sites is 2. The highest BCUT2D eigenvalue weighted by Gasteiger charge is 2.12. The van der Waals surface area contributed by atoms with Gasteiger partial charge in [0, 0.05) is 5.56 Å². The van der Waals surface area contributed by atoms with Gasteiger partial charge in [-0.15, -0.1) is 0 Å². The van der Waals surface area contributed by atoms with Crippen LogP contribution in [0.15, 0.2) is 42.5 Å². The molecule has 0 aliphatic carbocycles. The summed E-state index contributed by atoms with van der Waals surface area (Å²) in [7, 11) is 0. The predicted molar refractivity (Wildman–Crippen MR) is 82.5 cm³/mol. The monoisotopic (exact) mass is 271 g/mol. The first-order chi connectivity index (χ1) is 9.61. The standard InChI is InChI=1S/C17H21NO2/c1-4-20-17-8-6-5-7-15(17)18-13(3)14-11-12(2)9-10-16(14)19/h5-11,13,18-19H,4H2,1-3H3. The Labute approximate surface area is 120 Å². The summed E-state index contributed by atoms with van der Waals surface area (Å²) in [6.45, 7) is 6.64. The number of ether oxygens (including phenoxy) is 1. The third-order valence-electron chi connectivity index (χ3n) is 3.21. The first kappa shape index (κ1) is 14.3. The lowest BCUT2D eigenvalue weighted by molar-refractivity contribution is 0.341. The molecule has 2 aromatic carbocycles. The van der Waals surface area contributed by atoms with Crippen LogP contribution in [0.1, 0.15) is 31.0 Å². The van der Waals surface area contributed by atoms with Crippen molar-refractivity contribution in [3.05, 3.63) is 53.6 Å². The van der Waals surface area contributed by atoms with E-state index in [2.05, 4.69) is 5.32 Å². The van der Waals surface area contributed by atoms with Crippen molar-refractivity contribution in [2.75, 3.05) is 11.9 Å². The molecule has 2 N–H and O–H groups in total. The Bertz CT molecular complexity index is 581. The van der Waals surface area contributed by atoms with E-state index in [1.807, 2.05) is 57.2 Å². The van der Waals surface area contributed by atoms with E-state index in [1.165, 1.54) is 0 Å². The number of aryl methyl sites for hydroxylation is 1. The second-order valence-electron chi connectivity index (χ2n) is 4.86. The van der Waals surface area contributed by atoms with Crippen LogP contribution in [-0.2, 0) is 0 Å². The molecular weight excluding hydrogens is 250 g/mol. The molecular formula is C17H21NO2. The molecule has 1 unspecified atom stereocenters. The van der Waals surface area contributed by atoms with E-state index in [-0.39, 0.29) is 6.04 Å². The van der Waals surface area contributed by atoms with Crippen molar-refractivity contribution in [2.24, 2.45) is 0 Å². The molecule has 3 nitrogen and oxygen atoms in total. The summed E-state index contributed by atoms with van der Waals surface area (Å²) in [5, 5.41) is 13.4. The summed E-state index contributed by atoms with van der Waals surface area (Å²) in [6, 6.07) is 13.5. The Morgan fingerprint density at radius 3 is 2.70 bits per heavy atom. The van der Waals surface area contributed by atoms with E-state index < -0.39 is 0 Å². The summed E-state index contributed by atoms with van der Waals surface area (Å²) in [5.41, 5.74) is 2.95. The molecule has 0 aliphatic rings. The average molecular weight is 271 g/mol. The van der Waals surface area contributed by atoms with Gasteiger partial charge in [-0.3, -0.25) is 0 Å². The lowest BCUT2D eigenvalue weighted by atomic mass is 10.0. The minimum absolute atomic E-state index is 0.00324. The third-order valence-corrected chi connectivity index (χ3v) is 3.21. The van der Waals surface area contributed by atoms with Crippen molar-refractivity contribution in [1.29, 1.82) is 0 Å². The summed E-state index contributed by atoms with van der Waals surface area (Å²) < 4.78 is 5.60. The zero-order valence-corrected chi connectivity index (χ0v) is 12.2. The smallest absolute Gasteiger partial charge is 0.142 e. The normalized spacial score (nSPS) is 11.9. The Hall–Kier alpha value is -2.16. The summed E-state index contributed by atoms with van der Waals surface area (Å²) >= 11 is 0. The van der Waals surface area contributed by atoms with Crippen LogP contribution in [0.5, 0.6) is 11.5 Å². The van der Waals surface area contributed by atoms with Crippen molar-refractivity contribution in [2.45, 2.75) is 26.8 Å². The van der Waals surface area contributed by atoms with Crippen LogP contribution in [-0.4, -0.2) is 11.7 Å². The molecule has 0 heterocycles. The fraction of sp³-hybridized carbons (Fsp3) is 0.294. The fourth-order valence-corrected chi connectivity index (χ4v) is 2.20. The van der Waals surface area contributed by atoms with E-state index in [1.54, 1.807) is 6.07 Å². The highest BCUT2D eigenvalue weighted by Crippen LogP contribution is 2.31. The number of anilines is 1. The van der Waals surface area contributed by atoms with Crippen LogP contribution in [0.25, 0.3) is 0 Å². The summed E-state index contributed by atoms with van der Waals surface area (Å²) in [4.78, 5) is 0. The van der Waals surface area contributed by atoms with Gasteiger partial charge < -0.3 is 15.2 Å². The average Bonchev–Trinajstić information content (AvgIpc) is 2.44. The van der Waals surface area contributed by atoms with Gasteiger partial charge in [0.2, 0.25) is 0 Å². The molecule has 0 spiro atoms. The van der Waals surface area contributed by atoms with E-state index in [4.69, 9.17) is 4.74 Å². The Morgan fingerprint density at radius 1 is 1.20 bits per heavy atom. The number of hydrogen-bond donors (Lipinski definition) is 2. The minimum Gasteiger partial charge on any atom is -0.508 e. The number of phenolic OH excluding ortho intramolecular Hbond substituents is 1. The van der Waals surface area contributed by atoms with Crippen LogP contribution >= 0.6 is 0 Å². The lowest BCUT2D eigenvalue weighted by Crippen LogP contribution is -2.08. The van der Waals surface area contributed by atoms with Crippen molar-refractivity contribution in [3.8, 4) is 11.5 Å². The first-order valence-electron chi connectivity index (χ1n) is 6.89. The quantitative estimate of drug-likeness (QED) is 0.853. The SMILES string of the molecule is CCOc1ccccc1NC(C)c1cc(C)ccc1O. The molecule has 1 atom stereocenters. The number of phenols is 1. The van der Waals surface area contributed by atoms with Gasteiger partial charge in [0.05, 0.1) is 18.3 Å². The zero-order chi connectivity index (χ0) is 14.5. The van der Waals surface area contributed by atoms with Gasteiger partial charge in [-0.2, -0.15) is 0 Å². The maximum absolute atomic E-state index is 9.98. The molecule has 0 saturated heterocycles. The molecule has 0 amide bonds. The lowest BCUT2D eigenvalue weighted by Gasteiger charge is -2.19. The van der Waals surface area contributed by atoms with Gasteiger partial charge in [-0.25, -0.2) is 0 Å². The number of benzene rings is 2. The van der Waals surface area contributed by atoms with Crippen molar-refractivity contribution < 1.29 is 9.84 Å². The Morgan fingerprint density at radius 2 is 1.95 bits per heavy atom. The fourth-order valence-electron chi connectivity index (χ4n) is 2.20. The molecule has 2 aromatic rings. The highest BCUT2D eigenvalue weighted by atomic mass is 16.5. The topological polar surface area (TPSA) is 41.5 Å². The van der Waals surface area contributed by atoms with Crippen molar-refractivity contribution in [1.82, 2.24) is 0 Å². The number of aromatic hydroxyl groups is 1. The highest BCUT2D eigenvalue weighted by molar-refractivity contribution is 5.58. The Kier molecular flexibility index (Phi) is 4.51. The van der Waals surface area contributed by atoms with Gasteiger partial charge >= 0.3 is 0 Å². The van der Waals surface area contributed by atoms with Crippen LogP contribution in [0, 0.1) is 6.92 Å². The molecule has 0 aromatic heterocycles.